The van der Waals surface area contributed by atoms with E-state index in [1.807, 2.05) is 13.0 Å². The average molecular weight is 254 g/mol. The van der Waals surface area contributed by atoms with Gasteiger partial charge in [-0.3, -0.25) is 4.79 Å². The summed E-state index contributed by atoms with van der Waals surface area (Å²) in [6.07, 6.45) is 10.0. The molecule has 0 aromatic heterocycles. The van der Waals surface area contributed by atoms with E-state index < -0.39 is 4.75 Å². The van der Waals surface area contributed by atoms with Gasteiger partial charge in [-0.25, -0.2) is 0 Å². The fraction of sp³-hybridized carbons (Fsp3) is 0.643. The summed E-state index contributed by atoms with van der Waals surface area (Å²) < 4.78 is -0.536. The number of allylic oxidation sites excluding steroid dienone is 1. The normalized spacial score (nSPS) is 25.2. The van der Waals surface area contributed by atoms with Crippen LogP contribution < -0.4 is 0 Å². The Morgan fingerprint density at radius 1 is 1.35 bits per heavy atom. The number of carbonyl (C=O) groups is 1. The van der Waals surface area contributed by atoms with Gasteiger partial charge in [0.25, 0.3) is 0 Å². The van der Waals surface area contributed by atoms with Crippen LogP contribution in [0.25, 0.3) is 0 Å². The number of aliphatic hydroxyl groups excluding tert-OH is 1. The van der Waals surface area contributed by atoms with E-state index in [0.717, 1.165) is 6.42 Å². The van der Waals surface area contributed by atoms with Crippen molar-refractivity contribution < 1.29 is 9.90 Å². The first-order valence-electron chi connectivity index (χ1n) is 6.32. The third-order valence-corrected chi connectivity index (χ3v) is 4.34. The lowest BCUT2D eigenvalue weighted by atomic mass is 10.0. The van der Waals surface area contributed by atoms with Crippen molar-refractivity contribution in [3.8, 4) is 0 Å². The lowest BCUT2D eigenvalue weighted by Gasteiger charge is -2.17. The molecule has 2 nitrogen and oxygen atoms in total. The number of carbonyl (C=O) groups excluding carboxylic acids is 1. The van der Waals surface area contributed by atoms with Crippen LogP contribution in [-0.4, -0.2) is 15.0 Å². The van der Waals surface area contributed by atoms with Gasteiger partial charge >= 0.3 is 0 Å². The molecule has 0 aliphatic carbocycles. The maximum Gasteiger partial charge on any atom is 0.219 e. The van der Waals surface area contributed by atoms with Gasteiger partial charge in [-0.2, -0.15) is 0 Å². The largest absolute Gasteiger partial charge is 0.510 e. The van der Waals surface area contributed by atoms with Crippen LogP contribution in [0, 0.1) is 0 Å². The number of aliphatic hydroxyl groups is 1. The summed E-state index contributed by atoms with van der Waals surface area (Å²) in [7, 11) is 0. The lowest BCUT2D eigenvalue weighted by molar-refractivity contribution is -0.107. The van der Waals surface area contributed by atoms with E-state index >= 15 is 0 Å². The summed E-state index contributed by atoms with van der Waals surface area (Å²) in [5.74, 6) is 0.220. The molecule has 1 aliphatic rings. The molecule has 0 fully saturated rings. The molecule has 17 heavy (non-hydrogen) atoms. The highest BCUT2D eigenvalue weighted by atomic mass is 32.2. The van der Waals surface area contributed by atoms with Crippen LogP contribution in [0.5, 0.6) is 0 Å². The first-order valence-corrected chi connectivity index (χ1v) is 7.14. The molecule has 0 bridgehead atoms. The second-order valence-corrected chi connectivity index (χ2v) is 6.14. The highest BCUT2D eigenvalue weighted by molar-refractivity contribution is 8.16. The second-order valence-electron chi connectivity index (χ2n) is 4.72. The highest BCUT2D eigenvalue weighted by Crippen LogP contribution is 2.43. The molecule has 1 aliphatic heterocycles. The molecule has 0 amide bonds. The minimum Gasteiger partial charge on any atom is -0.510 e. The van der Waals surface area contributed by atoms with Gasteiger partial charge in [0.1, 0.15) is 5.76 Å². The number of thioether (sulfide) groups is 1. The third-order valence-electron chi connectivity index (χ3n) is 3.10. The van der Waals surface area contributed by atoms with Gasteiger partial charge in [0.05, 0.1) is 4.75 Å². The summed E-state index contributed by atoms with van der Waals surface area (Å²) in [6.45, 7) is 5.78. The van der Waals surface area contributed by atoms with E-state index in [4.69, 9.17) is 0 Å². The summed E-state index contributed by atoms with van der Waals surface area (Å²) in [5.41, 5.74) is 0.494. The van der Waals surface area contributed by atoms with Crippen molar-refractivity contribution in [2.24, 2.45) is 0 Å². The monoisotopic (exact) mass is 254 g/mol. The Morgan fingerprint density at radius 2 is 2.06 bits per heavy atom. The molecule has 96 valence electrons. The summed E-state index contributed by atoms with van der Waals surface area (Å²) in [4.78, 5) is 11.5. The van der Waals surface area contributed by atoms with Crippen LogP contribution in [0.3, 0.4) is 0 Å². The Kier molecular flexibility index (Phi) is 5.31. The van der Waals surface area contributed by atoms with Crippen molar-refractivity contribution in [3.05, 3.63) is 23.5 Å². The third kappa shape index (κ3) is 3.63. The van der Waals surface area contributed by atoms with Crippen LogP contribution in [0.1, 0.15) is 52.9 Å². The van der Waals surface area contributed by atoms with Crippen molar-refractivity contribution in [1.29, 1.82) is 0 Å². The Morgan fingerprint density at radius 3 is 2.59 bits per heavy atom. The van der Waals surface area contributed by atoms with Gasteiger partial charge in [0, 0.05) is 5.57 Å². The molecule has 1 heterocycles. The Labute approximate surface area is 108 Å². The topological polar surface area (TPSA) is 37.3 Å². The van der Waals surface area contributed by atoms with E-state index in [1.54, 1.807) is 6.92 Å². The number of unbranched alkanes of at least 4 members (excludes halogenated alkanes) is 4. The predicted octanol–water partition coefficient (Wildman–Crippen LogP) is 4.38. The van der Waals surface area contributed by atoms with Crippen molar-refractivity contribution in [1.82, 2.24) is 0 Å². The first-order chi connectivity index (χ1) is 8.01. The summed E-state index contributed by atoms with van der Waals surface area (Å²) >= 11 is 1.20. The van der Waals surface area contributed by atoms with E-state index in [-0.39, 0.29) is 10.9 Å². The molecule has 0 unspecified atom stereocenters. The zero-order valence-electron chi connectivity index (χ0n) is 11.0. The molecular weight excluding hydrogens is 232 g/mol. The van der Waals surface area contributed by atoms with Crippen LogP contribution in [0.4, 0.5) is 0 Å². The van der Waals surface area contributed by atoms with Crippen molar-refractivity contribution in [2.75, 3.05) is 0 Å². The second kappa shape index (κ2) is 6.29. The Balaban J connectivity index is 2.46. The van der Waals surface area contributed by atoms with E-state index in [9.17, 15) is 9.90 Å². The number of hydrogen-bond donors (Lipinski definition) is 1. The molecule has 0 saturated carbocycles. The van der Waals surface area contributed by atoms with Gasteiger partial charge in [-0.15, -0.1) is 0 Å². The fourth-order valence-corrected chi connectivity index (χ4v) is 2.95. The molecule has 0 radical (unpaired) electrons. The molecule has 3 heteroatoms. The SMILES string of the molecule is CCCCCC/C=C/[C@@]1(C)SC(=O)C(C)=C1O. The van der Waals surface area contributed by atoms with Gasteiger partial charge in [-0.1, -0.05) is 50.1 Å². The highest BCUT2D eigenvalue weighted by Gasteiger charge is 2.39. The van der Waals surface area contributed by atoms with E-state index in [2.05, 4.69) is 13.0 Å². The average Bonchev–Trinajstić information content (AvgIpc) is 2.48. The molecule has 1 atom stereocenters. The smallest absolute Gasteiger partial charge is 0.219 e. The molecule has 0 aromatic carbocycles. The standard InChI is InChI=1S/C14H22O2S/c1-4-5-6-7-8-9-10-14(3)12(15)11(2)13(16)17-14/h9-10,15H,4-8H2,1-3H3/b10-9+/t14-/m1/s1. The minimum atomic E-state index is -0.536. The van der Waals surface area contributed by atoms with Crippen LogP contribution >= 0.6 is 11.8 Å². The quantitative estimate of drug-likeness (QED) is 0.564. The minimum absolute atomic E-state index is 0.0133. The van der Waals surface area contributed by atoms with Gasteiger partial charge in [0.15, 0.2) is 0 Å². The molecule has 1 N–H and O–H groups in total. The zero-order valence-corrected chi connectivity index (χ0v) is 11.8. The van der Waals surface area contributed by atoms with Gasteiger partial charge < -0.3 is 5.11 Å². The molecular formula is C14H22O2S. The van der Waals surface area contributed by atoms with E-state index in [0.29, 0.717) is 5.57 Å². The summed E-state index contributed by atoms with van der Waals surface area (Å²) in [6, 6.07) is 0. The van der Waals surface area contributed by atoms with Crippen LogP contribution in [-0.2, 0) is 4.79 Å². The maximum atomic E-state index is 11.5. The fourth-order valence-electron chi connectivity index (χ4n) is 1.90. The molecule has 0 aromatic rings. The van der Waals surface area contributed by atoms with Crippen molar-refractivity contribution >= 4 is 16.9 Å². The maximum absolute atomic E-state index is 11.5. The lowest BCUT2D eigenvalue weighted by Crippen LogP contribution is -2.16. The number of hydrogen-bond acceptors (Lipinski definition) is 3. The predicted molar refractivity (Wildman–Crippen MR) is 74.2 cm³/mol. The first kappa shape index (κ1) is 14.4. The summed E-state index contributed by atoms with van der Waals surface area (Å²) in [5, 5.41) is 9.90. The van der Waals surface area contributed by atoms with Crippen molar-refractivity contribution in [2.45, 2.75) is 57.6 Å². The zero-order chi connectivity index (χ0) is 12.9. The molecule has 0 saturated heterocycles. The van der Waals surface area contributed by atoms with Gasteiger partial charge in [-0.05, 0) is 26.7 Å². The van der Waals surface area contributed by atoms with Crippen LogP contribution in [0.2, 0.25) is 0 Å². The number of rotatable bonds is 6. The van der Waals surface area contributed by atoms with Crippen molar-refractivity contribution in [3.63, 3.8) is 0 Å². The van der Waals surface area contributed by atoms with Gasteiger partial charge in [0.2, 0.25) is 5.12 Å². The molecule has 0 spiro atoms. The van der Waals surface area contributed by atoms with Crippen LogP contribution in [0.15, 0.2) is 23.5 Å². The Bertz CT molecular complexity index is 344. The van der Waals surface area contributed by atoms with E-state index in [1.165, 1.54) is 37.4 Å². The molecule has 1 rings (SSSR count). The Hall–Kier alpha value is -0.700.